The van der Waals surface area contributed by atoms with Crippen molar-refractivity contribution in [3.8, 4) is 0 Å². The molecule has 0 amide bonds. The number of rotatable bonds is 3. The van der Waals surface area contributed by atoms with Gasteiger partial charge < -0.3 is 0 Å². The van der Waals surface area contributed by atoms with Crippen molar-refractivity contribution >= 4 is 11.6 Å². The number of benzene rings is 2. The van der Waals surface area contributed by atoms with E-state index >= 15 is 0 Å². The van der Waals surface area contributed by atoms with Gasteiger partial charge in [0.2, 0.25) is 0 Å². The van der Waals surface area contributed by atoms with Crippen LogP contribution in [0.1, 0.15) is 16.7 Å². The van der Waals surface area contributed by atoms with Crippen LogP contribution in [-0.2, 0) is 0 Å². The monoisotopic (exact) mass is 206 g/mol. The van der Waals surface area contributed by atoms with E-state index in [1.54, 1.807) is 0 Å². The fourth-order valence-corrected chi connectivity index (χ4v) is 1.63. The molecule has 0 radical (unpaired) electrons. The van der Waals surface area contributed by atoms with Crippen molar-refractivity contribution in [2.75, 3.05) is 0 Å². The van der Waals surface area contributed by atoms with Gasteiger partial charge in [0, 0.05) is 0 Å². The third kappa shape index (κ3) is 2.12. The van der Waals surface area contributed by atoms with Crippen LogP contribution in [0.2, 0.25) is 0 Å². The summed E-state index contributed by atoms with van der Waals surface area (Å²) in [5.74, 6) is 0. The summed E-state index contributed by atoms with van der Waals surface area (Å²) in [5, 5.41) is 0. The second-order valence-corrected chi connectivity index (χ2v) is 3.67. The van der Waals surface area contributed by atoms with Gasteiger partial charge >= 0.3 is 0 Å². The molecule has 2 aromatic rings. The molecule has 0 unspecified atom stereocenters. The molecule has 0 spiro atoms. The van der Waals surface area contributed by atoms with Crippen molar-refractivity contribution < 1.29 is 0 Å². The molecule has 0 saturated carbocycles. The van der Waals surface area contributed by atoms with E-state index in [9.17, 15) is 0 Å². The van der Waals surface area contributed by atoms with E-state index in [4.69, 9.17) is 0 Å². The molecule has 0 nitrogen and oxygen atoms in total. The Balaban J connectivity index is 2.31. The Kier molecular flexibility index (Phi) is 3.02. The molecule has 0 aliphatic rings. The van der Waals surface area contributed by atoms with E-state index in [0.29, 0.717) is 0 Å². The number of hydrogen-bond donors (Lipinski definition) is 0. The van der Waals surface area contributed by atoms with Crippen molar-refractivity contribution in [3.05, 3.63) is 84.4 Å². The summed E-state index contributed by atoms with van der Waals surface area (Å²) in [7, 11) is 0. The van der Waals surface area contributed by atoms with Crippen molar-refractivity contribution in [1.29, 1.82) is 0 Å². The highest BCUT2D eigenvalue weighted by molar-refractivity contribution is 5.78. The fourth-order valence-electron chi connectivity index (χ4n) is 1.63. The quantitative estimate of drug-likeness (QED) is 0.698. The summed E-state index contributed by atoms with van der Waals surface area (Å²) in [5.41, 5.74) is 4.49. The predicted octanol–water partition coefficient (Wildman–Crippen LogP) is 4.39. The van der Waals surface area contributed by atoms with Gasteiger partial charge in [-0.3, -0.25) is 0 Å². The van der Waals surface area contributed by atoms with Gasteiger partial charge in [0.1, 0.15) is 0 Å². The Morgan fingerprint density at radius 3 is 1.94 bits per heavy atom. The zero-order valence-electron chi connectivity index (χ0n) is 9.19. The van der Waals surface area contributed by atoms with Gasteiger partial charge in [-0.25, -0.2) is 0 Å². The van der Waals surface area contributed by atoms with Crippen LogP contribution in [0, 0.1) is 0 Å². The maximum Gasteiger partial charge on any atom is -0.0183 e. The molecule has 0 N–H and O–H groups in total. The Labute approximate surface area is 96.6 Å². The van der Waals surface area contributed by atoms with Gasteiger partial charge in [-0.15, -0.1) is 0 Å². The maximum absolute atomic E-state index is 4.12. The van der Waals surface area contributed by atoms with Crippen molar-refractivity contribution in [3.63, 3.8) is 0 Å². The molecule has 0 atom stereocenters. The van der Waals surface area contributed by atoms with E-state index in [0.717, 1.165) is 22.3 Å². The minimum Gasteiger partial charge on any atom is -0.0985 e. The van der Waals surface area contributed by atoms with Crippen molar-refractivity contribution in [2.45, 2.75) is 0 Å². The molecule has 0 bridgehead atoms. The van der Waals surface area contributed by atoms with E-state index in [1.807, 2.05) is 24.3 Å². The van der Waals surface area contributed by atoms with Gasteiger partial charge in [0.15, 0.2) is 0 Å². The summed E-state index contributed by atoms with van der Waals surface area (Å²) >= 11 is 0. The maximum atomic E-state index is 4.12. The van der Waals surface area contributed by atoms with Crippen molar-refractivity contribution in [1.82, 2.24) is 0 Å². The lowest BCUT2D eigenvalue weighted by Crippen LogP contribution is -1.85. The van der Waals surface area contributed by atoms with Gasteiger partial charge in [0.05, 0.1) is 0 Å². The highest BCUT2D eigenvalue weighted by Gasteiger charge is 2.00. The number of hydrogen-bond acceptors (Lipinski definition) is 0. The largest absolute Gasteiger partial charge is 0.0985 e. The van der Waals surface area contributed by atoms with Gasteiger partial charge in [-0.2, -0.15) is 0 Å². The Bertz CT molecular complexity index is 489. The van der Waals surface area contributed by atoms with Gasteiger partial charge in [-0.1, -0.05) is 73.8 Å². The summed E-state index contributed by atoms with van der Waals surface area (Å²) in [6.45, 7) is 7.87. The van der Waals surface area contributed by atoms with Crippen LogP contribution < -0.4 is 0 Å². The first kappa shape index (κ1) is 10.4. The van der Waals surface area contributed by atoms with Crippen LogP contribution in [0.3, 0.4) is 0 Å². The average molecular weight is 206 g/mol. The SMILES string of the molecule is C=Cc1ccc(C(=C)c2ccccc2)cc1. The third-order valence-electron chi connectivity index (χ3n) is 2.62. The Morgan fingerprint density at radius 2 is 1.38 bits per heavy atom. The van der Waals surface area contributed by atoms with Gasteiger partial charge in [0.25, 0.3) is 0 Å². The van der Waals surface area contributed by atoms with E-state index in [-0.39, 0.29) is 0 Å². The first-order chi connectivity index (χ1) is 7.81. The van der Waals surface area contributed by atoms with Gasteiger partial charge in [-0.05, 0) is 22.3 Å². The summed E-state index contributed by atoms with van der Waals surface area (Å²) in [6, 6.07) is 18.5. The molecule has 0 fully saturated rings. The first-order valence-corrected chi connectivity index (χ1v) is 5.28. The summed E-state index contributed by atoms with van der Waals surface area (Å²) in [6.07, 6.45) is 1.84. The molecule has 0 heterocycles. The van der Waals surface area contributed by atoms with Crippen LogP contribution >= 0.6 is 0 Å². The molecule has 0 saturated heterocycles. The summed E-state index contributed by atoms with van der Waals surface area (Å²) < 4.78 is 0. The molecular formula is C16H14. The molecule has 2 rings (SSSR count). The third-order valence-corrected chi connectivity index (χ3v) is 2.62. The molecule has 0 aromatic heterocycles. The molecule has 0 aliphatic heterocycles. The zero-order valence-corrected chi connectivity index (χ0v) is 9.19. The second kappa shape index (κ2) is 4.63. The standard InChI is InChI=1S/C16H14/c1-3-14-9-11-16(12-10-14)13(2)15-7-5-4-6-8-15/h3-12H,1-2H2. The first-order valence-electron chi connectivity index (χ1n) is 5.28. The van der Waals surface area contributed by atoms with Crippen LogP contribution in [0.5, 0.6) is 0 Å². The van der Waals surface area contributed by atoms with Crippen LogP contribution in [0.15, 0.2) is 67.8 Å². The normalized spacial score (nSPS) is 9.75. The molecule has 0 aliphatic carbocycles. The molecule has 2 aromatic carbocycles. The zero-order chi connectivity index (χ0) is 11.4. The fraction of sp³-hybridized carbons (Fsp3) is 0. The second-order valence-electron chi connectivity index (χ2n) is 3.67. The highest BCUT2D eigenvalue weighted by Crippen LogP contribution is 2.21. The van der Waals surface area contributed by atoms with E-state index < -0.39 is 0 Å². The topological polar surface area (TPSA) is 0 Å². The molecule has 0 heteroatoms. The Hall–Kier alpha value is -2.08. The minimum atomic E-state index is 1.05. The lowest BCUT2D eigenvalue weighted by atomic mass is 9.99. The van der Waals surface area contributed by atoms with E-state index in [2.05, 4.69) is 49.6 Å². The molecule has 16 heavy (non-hydrogen) atoms. The predicted molar refractivity (Wildman–Crippen MR) is 71.1 cm³/mol. The molecule has 78 valence electrons. The summed E-state index contributed by atoms with van der Waals surface area (Å²) in [4.78, 5) is 0. The van der Waals surface area contributed by atoms with Crippen LogP contribution in [-0.4, -0.2) is 0 Å². The van der Waals surface area contributed by atoms with Crippen LogP contribution in [0.4, 0.5) is 0 Å². The van der Waals surface area contributed by atoms with Crippen LogP contribution in [0.25, 0.3) is 11.6 Å². The smallest absolute Gasteiger partial charge is 0.0183 e. The van der Waals surface area contributed by atoms with E-state index in [1.165, 1.54) is 0 Å². The van der Waals surface area contributed by atoms with Crippen molar-refractivity contribution in [2.24, 2.45) is 0 Å². The lowest BCUT2D eigenvalue weighted by molar-refractivity contribution is 1.55. The molecular weight excluding hydrogens is 192 g/mol. The minimum absolute atomic E-state index is 1.05. The average Bonchev–Trinajstić information content (AvgIpc) is 2.39. The highest BCUT2D eigenvalue weighted by atomic mass is 14.0. The Morgan fingerprint density at radius 1 is 0.812 bits per heavy atom. The lowest BCUT2D eigenvalue weighted by Gasteiger charge is -2.06.